The number of nitrogens with zero attached hydrogens (tertiary/aromatic N) is 2. The van der Waals surface area contributed by atoms with Crippen molar-refractivity contribution in [3.63, 3.8) is 0 Å². The molecule has 1 rings (SSSR count). The molecule has 0 aliphatic rings. The first-order chi connectivity index (χ1) is 6.69. The molecule has 14 heavy (non-hydrogen) atoms. The lowest BCUT2D eigenvalue weighted by Crippen LogP contribution is -2.25. The molecule has 0 fully saturated rings. The second-order valence-electron chi connectivity index (χ2n) is 2.78. The highest BCUT2D eigenvalue weighted by Gasteiger charge is 2.08. The Morgan fingerprint density at radius 3 is 2.93 bits per heavy atom. The van der Waals surface area contributed by atoms with Crippen LogP contribution in [0.25, 0.3) is 0 Å². The summed E-state index contributed by atoms with van der Waals surface area (Å²) in [5.74, 6) is 2.59. The van der Waals surface area contributed by atoms with Crippen LogP contribution in [0.1, 0.15) is 6.92 Å². The third-order valence-electron chi connectivity index (χ3n) is 1.83. The monoisotopic (exact) mass is 193 g/mol. The lowest BCUT2D eigenvalue weighted by atomic mass is 10.3. The van der Waals surface area contributed by atoms with E-state index in [2.05, 4.69) is 10.9 Å². The van der Waals surface area contributed by atoms with Crippen LogP contribution in [0, 0.1) is 18.2 Å². The minimum atomic E-state index is -0.442. The van der Waals surface area contributed by atoms with E-state index in [0.717, 1.165) is 6.20 Å². The van der Waals surface area contributed by atoms with Crippen molar-refractivity contribution in [1.29, 1.82) is 0 Å². The third kappa shape index (κ3) is 2.13. The van der Waals surface area contributed by atoms with Crippen LogP contribution in [-0.4, -0.2) is 18.1 Å². The molecule has 0 atom stereocenters. The van der Waals surface area contributed by atoms with Crippen LogP contribution in [0.5, 0.6) is 0 Å². The zero-order valence-electron chi connectivity index (χ0n) is 8.00. The van der Waals surface area contributed by atoms with Crippen molar-refractivity contribution in [3.05, 3.63) is 18.1 Å². The maximum Gasteiger partial charge on any atom is 0.152 e. The van der Waals surface area contributed by atoms with E-state index in [1.54, 1.807) is 4.90 Å². The van der Waals surface area contributed by atoms with Gasteiger partial charge in [0.1, 0.15) is 5.82 Å². The van der Waals surface area contributed by atoms with Crippen LogP contribution >= 0.6 is 0 Å². The van der Waals surface area contributed by atoms with Gasteiger partial charge in [0, 0.05) is 12.6 Å². The van der Waals surface area contributed by atoms with Crippen molar-refractivity contribution in [1.82, 2.24) is 4.98 Å². The molecule has 0 saturated carbocycles. The third-order valence-corrected chi connectivity index (χ3v) is 1.83. The van der Waals surface area contributed by atoms with E-state index in [0.29, 0.717) is 24.6 Å². The Bertz CT molecular complexity index is 357. The van der Waals surface area contributed by atoms with Crippen LogP contribution in [0.4, 0.5) is 15.9 Å². The highest BCUT2D eigenvalue weighted by Crippen LogP contribution is 2.19. The van der Waals surface area contributed by atoms with Gasteiger partial charge in [0.2, 0.25) is 0 Å². The van der Waals surface area contributed by atoms with Crippen molar-refractivity contribution >= 4 is 11.5 Å². The summed E-state index contributed by atoms with van der Waals surface area (Å²) in [6, 6.07) is 1.24. The number of hydrogen-bond donors (Lipinski definition) is 1. The second kappa shape index (κ2) is 4.47. The molecule has 4 heteroatoms. The molecule has 1 aromatic heterocycles. The van der Waals surface area contributed by atoms with Gasteiger partial charge in [0.25, 0.3) is 0 Å². The zero-order valence-corrected chi connectivity index (χ0v) is 8.00. The Morgan fingerprint density at radius 2 is 2.43 bits per heavy atom. The summed E-state index contributed by atoms with van der Waals surface area (Å²) in [5, 5.41) is 0. The molecule has 0 aliphatic heterocycles. The molecule has 1 heterocycles. The van der Waals surface area contributed by atoms with E-state index in [1.165, 1.54) is 6.07 Å². The minimum absolute atomic E-state index is 0.308. The summed E-state index contributed by atoms with van der Waals surface area (Å²) >= 11 is 0. The first kappa shape index (κ1) is 10.3. The number of rotatable bonds is 3. The lowest BCUT2D eigenvalue weighted by Gasteiger charge is -2.20. The normalized spacial score (nSPS) is 9.50. The van der Waals surface area contributed by atoms with Crippen LogP contribution in [0.3, 0.4) is 0 Å². The van der Waals surface area contributed by atoms with Crippen LogP contribution in [-0.2, 0) is 0 Å². The fraction of sp³-hybridized carbons (Fsp3) is 0.300. The van der Waals surface area contributed by atoms with E-state index < -0.39 is 5.82 Å². The molecule has 0 aromatic carbocycles. The highest BCUT2D eigenvalue weighted by molar-refractivity contribution is 5.62. The Kier molecular flexibility index (Phi) is 3.29. The summed E-state index contributed by atoms with van der Waals surface area (Å²) in [6.07, 6.45) is 6.32. The molecule has 2 N–H and O–H groups in total. The molecule has 74 valence electrons. The van der Waals surface area contributed by atoms with Gasteiger partial charge in [0.15, 0.2) is 5.82 Å². The first-order valence-electron chi connectivity index (χ1n) is 4.28. The van der Waals surface area contributed by atoms with E-state index >= 15 is 0 Å². The molecule has 1 aromatic rings. The van der Waals surface area contributed by atoms with Crippen molar-refractivity contribution < 1.29 is 4.39 Å². The molecule has 0 bridgehead atoms. The number of hydrogen-bond acceptors (Lipinski definition) is 3. The molecular formula is C10H12FN3. The van der Waals surface area contributed by atoms with Gasteiger partial charge in [-0.15, -0.1) is 6.42 Å². The van der Waals surface area contributed by atoms with Gasteiger partial charge in [-0.3, -0.25) is 0 Å². The minimum Gasteiger partial charge on any atom is -0.396 e. The maximum atomic E-state index is 12.7. The molecule has 0 radical (unpaired) electrons. The largest absolute Gasteiger partial charge is 0.396 e. The quantitative estimate of drug-likeness (QED) is 0.735. The Hall–Kier alpha value is -1.76. The van der Waals surface area contributed by atoms with E-state index in [1.807, 2.05) is 6.92 Å². The predicted molar refractivity (Wildman–Crippen MR) is 55.3 cm³/mol. The van der Waals surface area contributed by atoms with Gasteiger partial charge in [-0.25, -0.2) is 9.37 Å². The Labute approximate surface area is 82.7 Å². The summed E-state index contributed by atoms with van der Waals surface area (Å²) in [4.78, 5) is 5.70. The van der Waals surface area contributed by atoms with Crippen LogP contribution < -0.4 is 10.6 Å². The Morgan fingerprint density at radius 1 is 1.71 bits per heavy atom. The van der Waals surface area contributed by atoms with Gasteiger partial charge in [-0.2, -0.15) is 0 Å². The number of halogens is 1. The number of nitrogen functional groups attached to an aromatic ring is 1. The first-order valence-corrected chi connectivity index (χ1v) is 4.28. The average Bonchev–Trinajstić information content (AvgIpc) is 2.15. The second-order valence-corrected chi connectivity index (χ2v) is 2.78. The standard InChI is InChI=1S/C10H12FN3/c1-3-5-14(4-2)10-9(12)6-8(11)7-13-10/h1,6-7H,4-5,12H2,2H3. The number of pyridine rings is 1. The highest BCUT2D eigenvalue weighted by atomic mass is 19.1. The van der Waals surface area contributed by atoms with Gasteiger partial charge >= 0.3 is 0 Å². The number of nitrogens with two attached hydrogens (primary N) is 1. The van der Waals surface area contributed by atoms with Gasteiger partial charge in [-0.05, 0) is 6.92 Å². The fourth-order valence-electron chi connectivity index (χ4n) is 1.16. The number of aromatic nitrogens is 1. The Balaban J connectivity index is 2.99. The molecule has 3 nitrogen and oxygen atoms in total. The predicted octanol–water partition coefficient (Wildman–Crippen LogP) is 1.26. The molecular weight excluding hydrogens is 181 g/mol. The van der Waals surface area contributed by atoms with E-state index in [9.17, 15) is 4.39 Å². The number of anilines is 2. The summed E-state index contributed by atoms with van der Waals surface area (Å²) < 4.78 is 12.7. The fourth-order valence-corrected chi connectivity index (χ4v) is 1.16. The smallest absolute Gasteiger partial charge is 0.152 e. The molecule has 0 amide bonds. The maximum absolute atomic E-state index is 12.7. The number of terminal acetylenes is 1. The van der Waals surface area contributed by atoms with Crippen molar-refractivity contribution in [2.75, 3.05) is 23.7 Å². The topological polar surface area (TPSA) is 42.2 Å². The van der Waals surface area contributed by atoms with Crippen molar-refractivity contribution in [3.8, 4) is 12.3 Å². The SMILES string of the molecule is C#CCN(CC)c1ncc(F)cc1N. The summed E-state index contributed by atoms with van der Waals surface area (Å²) in [6.45, 7) is 3.04. The molecule has 0 saturated heterocycles. The van der Waals surface area contributed by atoms with Crippen LogP contribution in [0.2, 0.25) is 0 Å². The van der Waals surface area contributed by atoms with Crippen molar-refractivity contribution in [2.24, 2.45) is 0 Å². The summed E-state index contributed by atoms with van der Waals surface area (Å²) in [7, 11) is 0. The zero-order chi connectivity index (χ0) is 10.6. The molecule has 0 spiro atoms. The molecule has 0 aliphatic carbocycles. The van der Waals surface area contributed by atoms with Gasteiger partial charge in [0.05, 0.1) is 18.4 Å². The lowest BCUT2D eigenvalue weighted by molar-refractivity contribution is 0.621. The van der Waals surface area contributed by atoms with Gasteiger partial charge < -0.3 is 10.6 Å². The van der Waals surface area contributed by atoms with Crippen LogP contribution in [0.15, 0.2) is 12.3 Å². The van der Waals surface area contributed by atoms with E-state index in [4.69, 9.17) is 12.2 Å². The van der Waals surface area contributed by atoms with Crippen molar-refractivity contribution in [2.45, 2.75) is 6.92 Å². The summed E-state index contributed by atoms with van der Waals surface area (Å²) in [5.41, 5.74) is 5.92. The molecule has 0 unspecified atom stereocenters. The van der Waals surface area contributed by atoms with Gasteiger partial charge in [-0.1, -0.05) is 5.92 Å². The average molecular weight is 193 g/mol. The van der Waals surface area contributed by atoms with E-state index in [-0.39, 0.29) is 0 Å².